The van der Waals surface area contributed by atoms with Gasteiger partial charge in [0.05, 0.1) is 23.5 Å². The lowest BCUT2D eigenvalue weighted by Gasteiger charge is -2.32. The van der Waals surface area contributed by atoms with Crippen LogP contribution in [0.15, 0.2) is 12.3 Å². The van der Waals surface area contributed by atoms with Crippen molar-refractivity contribution < 1.29 is 23.9 Å². The zero-order chi connectivity index (χ0) is 16.1. The maximum Gasteiger partial charge on any atom is 0.497 e. The standard InChI is InChI=1S/C15H20BNO5/c1-14(2)15(3,4)22-16(21-14)11-7-10(20-9-5-6-9)8-17-12(11)13(18)19/h7-9H,5-6H2,1-4H3,(H,18,19). The number of aromatic carboxylic acids is 1. The third kappa shape index (κ3) is 2.70. The van der Waals surface area contributed by atoms with Gasteiger partial charge in [0, 0.05) is 5.46 Å². The number of hydrogen-bond donors (Lipinski definition) is 1. The summed E-state index contributed by atoms with van der Waals surface area (Å²) < 4.78 is 17.6. The Kier molecular flexibility index (Phi) is 3.45. The molecule has 1 aromatic rings. The Bertz CT molecular complexity index is 596. The fourth-order valence-electron chi connectivity index (χ4n) is 2.23. The van der Waals surface area contributed by atoms with Gasteiger partial charge in [0.25, 0.3) is 0 Å². The first-order chi connectivity index (χ1) is 10.2. The van der Waals surface area contributed by atoms with Gasteiger partial charge in [0.15, 0.2) is 0 Å². The molecule has 7 heteroatoms. The Morgan fingerprint density at radius 2 is 1.91 bits per heavy atom. The summed E-state index contributed by atoms with van der Waals surface area (Å²) in [4.78, 5) is 15.4. The topological polar surface area (TPSA) is 77.9 Å². The van der Waals surface area contributed by atoms with Crippen LogP contribution in [-0.2, 0) is 9.31 Å². The molecule has 6 nitrogen and oxygen atoms in total. The molecule has 2 heterocycles. The van der Waals surface area contributed by atoms with E-state index >= 15 is 0 Å². The van der Waals surface area contributed by atoms with Crippen molar-refractivity contribution in [2.24, 2.45) is 0 Å². The highest BCUT2D eigenvalue weighted by Gasteiger charge is 2.53. The van der Waals surface area contributed by atoms with Gasteiger partial charge in [-0.2, -0.15) is 0 Å². The SMILES string of the molecule is CC1(C)OB(c2cc(OC3CC3)cnc2C(=O)O)OC1(C)C. The quantitative estimate of drug-likeness (QED) is 0.852. The van der Waals surface area contributed by atoms with Crippen LogP contribution in [0.2, 0.25) is 0 Å². The fourth-order valence-corrected chi connectivity index (χ4v) is 2.23. The van der Waals surface area contributed by atoms with E-state index < -0.39 is 24.3 Å². The molecule has 3 rings (SSSR count). The van der Waals surface area contributed by atoms with E-state index in [1.165, 1.54) is 6.20 Å². The van der Waals surface area contributed by atoms with Gasteiger partial charge in [-0.05, 0) is 46.6 Å². The first kappa shape index (κ1) is 15.3. The number of carbonyl (C=O) groups is 1. The first-order valence-electron chi connectivity index (χ1n) is 7.45. The molecule has 2 aliphatic rings. The van der Waals surface area contributed by atoms with E-state index in [0.29, 0.717) is 11.2 Å². The monoisotopic (exact) mass is 305 g/mol. The van der Waals surface area contributed by atoms with Gasteiger partial charge in [-0.3, -0.25) is 0 Å². The average molecular weight is 305 g/mol. The number of carboxylic acid groups (broad SMARTS) is 1. The van der Waals surface area contributed by atoms with Crippen molar-refractivity contribution in [1.29, 1.82) is 0 Å². The van der Waals surface area contributed by atoms with E-state index in [9.17, 15) is 9.90 Å². The van der Waals surface area contributed by atoms with Crippen LogP contribution in [0, 0.1) is 0 Å². The number of pyridine rings is 1. The molecule has 1 N–H and O–H groups in total. The molecular weight excluding hydrogens is 285 g/mol. The van der Waals surface area contributed by atoms with Crippen LogP contribution in [0.1, 0.15) is 51.0 Å². The van der Waals surface area contributed by atoms with Gasteiger partial charge in [-0.15, -0.1) is 0 Å². The Hall–Kier alpha value is -1.60. The van der Waals surface area contributed by atoms with Crippen LogP contribution in [-0.4, -0.2) is 40.5 Å². The lowest BCUT2D eigenvalue weighted by atomic mass is 9.77. The Morgan fingerprint density at radius 3 is 2.41 bits per heavy atom. The summed E-state index contributed by atoms with van der Waals surface area (Å²) in [7, 11) is -0.772. The van der Waals surface area contributed by atoms with Gasteiger partial charge >= 0.3 is 13.1 Å². The van der Waals surface area contributed by atoms with Gasteiger partial charge in [-0.25, -0.2) is 9.78 Å². The molecule has 0 spiro atoms. The minimum absolute atomic E-state index is 0.0679. The Morgan fingerprint density at radius 1 is 1.32 bits per heavy atom. The number of hydrogen-bond acceptors (Lipinski definition) is 5. The average Bonchev–Trinajstić information content (AvgIpc) is 3.17. The van der Waals surface area contributed by atoms with Crippen molar-refractivity contribution in [2.45, 2.75) is 57.8 Å². The summed E-state index contributed by atoms with van der Waals surface area (Å²) in [5.74, 6) is -0.556. The van der Waals surface area contributed by atoms with Crippen molar-refractivity contribution in [3.63, 3.8) is 0 Å². The highest BCUT2D eigenvalue weighted by atomic mass is 16.7. The van der Waals surface area contributed by atoms with Crippen LogP contribution in [0.3, 0.4) is 0 Å². The first-order valence-corrected chi connectivity index (χ1v) is 7.45. The molecule has 0 radical (unpaired) electrons. The van der Waals surface area contributed by atoms with Crippen LogP contribution >= 0.6 is 0 Å². The van der Waals surface area contributed by atoms with Crippen molar-refractivity contribution >= 4 is 18.6 Å². The van der Waals surface area contributed by atoms with Gasteiger partial charge in [-0.1, -0.05) is 0 Å². The molecule has 1 aromatic heterocycles. The third-order valence-electron chi connectivity index (χ3n) is 4.43. The van der Waals surface area contributed by atoms with Crippen molar-refractivity contribution in [2.75, 3.05) is 0 Å². The highest BCUT2D eigenvalue weighted by molar-refractivity contribution is 6.63. The second-order valence-electron chi connectivity index (χ2n) is 6.82. The lowest BCUT2D eigenvalue weighted by molar-refractivity contribution is 0.00578. The molecule has 1 aliphatic carbocycles. The fraction of sp³-hybridized carbons (Fsp3) is 0.600. The molecular formula is C15H20BNO5. The van der Waals surface area contributed by atoms with Crippen molar-refractivity contribution in [3.8, 4) is 5.75 Å². The predicted octanol–water partition coefficient (Wildman–Crippen LogP) is 1.62. The van der Waals surface area contributed by atoms with Gasteiger partial charge in [0.2, 0.25) is 0 Å². The minimum Gasteiger partial charge on any atom is -0.489 e. The van der Waals surface area contributed by atoms with E-state index in [1.54, 1.807) is 6.07 Å². The Balaban J connectivity index is 1.95. The molecule has 22 heavy (non-hydrogen) atoms. The van der Waals surface area contributed by atoms with E-state index in [0.717, 1.165) is 12.8 Å². The van der Waals surface area contributed by atoms with Crippen LogP contribution in [0.5, 0.6) is 5.75 Å². The third-order valence-corrected chi connectivity index (χ3v) is 4.43. The summed E-state index contributed by atoms with van der Waals surface area (Å²) >= 11 is 0. The molecule has 1 saturated carbocycles. The van der Waals surface area contributed by atoms with Crippen molar-refractivity contribution in [3.05, 3.63) is 18.0 Å². The van der Waals surface area contributed by atoms with Crippen LogP contribution in [0.25, 0.3) is 0 Å². The number of nitrogens with zero attached hydrogens (tertiary/aromatic N) is 1. The number of rotatable bonds is 4. The molecule has 2 fully saturated rings. The van der Waals surface area contributed by atoms with E-state index in [2.05, 4.69) is 4.98 Å². The largest absolute Gasteiger partial charge is 0.497 e. The second kappa shape index (κ2) is 4.96. The molecule has 0 amide bonds. The molecule has 118 valence electrons. The van der Waals surface area contributed by atoms with Crippen LogP contribution in [0.4, 0.5) is 0 Å². The lowest BCUT2D eigenvalue weighted by Crippen LogP contribution is -2.41. The summed E-state index contributed by atoms with van der Waals surface area (Å²) in [5.41, 5.74) is -0.757. The Labute approximate surface area is 129 Å². The number of carboxylic acids is 1. The second-order valence-corrected chi connectivity index (χ2v) is 6.82. The van der Waals surface area contributed by atoms with Gasteiger partial charge in [0.1, 0.15) is 11.4 Å². The molecule has 1 saturated heterocycles. The maximum atomic E-state index is 11.4. The summed E-state index contributed by atoms with van der Waals surface area (Å²) in [6, 6.07) is 1.66. The smallest absolute Gasteiger partial charge is 0.489 e. The zero-order valence-electron chi connectivity index (χ0n) is 13.3. The molecule has 0 aromatic carbocycles. The van der Waals surface area contributed by atoms with Crippen LogP contribution < -0.4 is 10.2 Å². The van der Waals surface area contributed by atoms with E-state index in [4.69, 9.17) is 14.0 Å². The zero-order valence-corrected chi connectivity index (χ0v) is 13.3. The predicted molar refractivity (Wildman–Crippen MR) is 80.6 cm³/mol. The van der Waals surface area contributed by atoms with E-state index in [1.807, 2.05) is 27.7 Å². The highest BCUT2D eigenvalue weighted by Crippen LogP contribution is 2.37. The number of aromatic nitrogens is 1. The molecule has 0 unspecified atom stereocenters. The summed E-state index contributed by atoms with van der Waals surface area (Å²) in [6.45, 7) is 7.69. The normalized spacial score (nSPS) is 22.6. The van der Waals surface area contributed by atoms with Gasteiger partial charge < -0.3 is 19.2 Å². The number of ether oxygens (including phenoxy) is 1. The van der Waals surface area contributed by atoms with Crippen molar-refractivity contribution in [1.82, 2.24) is 4.98 Å². The minimum atomic E-state index is -1.11. The molecule has 1 aliphatic heterocycles. The molecule has 0 bridgehead atoms. The van der Waals surface area contributed by atoms with E-state index in [-0.39, 0.29) is 11.8 Å². The maximum absolute atomic E-state index is 11.4. The summed E-state index contributed by atoms with van der Waals surface area (Å²) in [6.07, 6.45) is 3.69. The summed E-state index contributed by atoms with van der Waals surface area (Å²) in [5, 5.41) is 9.36. The molecule has 0 atom stereocenters.